The van der Waals surface area contributed by atoms with Crippen LogP contribution < -0.4 is 22.4 Å². The Morgan fingerprint density at radius 3 is 2.14 bits per heavy atom. The fraction of sp³-hybridized carbons (Fsp3) is 0.652. The lowest BCUT2D eigenvalue weighted by Crippen LogP contribution is -2.29. The monoisotopic (exact) mass is 540 g/mol. The van der Waals surface area contributed by atoms with Gasteiger partial charge in [-0.1, -0.05) is 6.92 Å². The third-order valence-electron chi connectivity index (χ3n) is 5.10. The Labute approximate surface area is 219 Å². The number of nitrogen functional groups attached to an aromatic ring is 1. The maximum absolute atomic E-state index is 11.9. The Morgan fingerprint density at radius 2 is 1.61 bits per heavy atom. The average Bonchev–Trinajstić information content (AvgIpc) is 3.47. The first-order valence-corrected chi connectivity index (χ1v) is 14.1. The van der Waals surface area contributed by atoms with Crippen molar-refractivity contribution in [3.63, 3.8) is 0 Å². The number of nitrogens with two attached hydrogens (primary N) is 1. The third-order valence-corrected chi connectivity index (χ3v) is 7.50. The molecule has 36 heavy (non-hydrogen) atoms. The van der Waals surface area contributed by atoms with Crippen LogP contribution in [0.1, 0.15) is 53.5 Å². The minimum atomic E-state index is -0.383. The number of nitrogens with zero attached hydrogens (tertiary/aromatic N) is 4. The molecule has 2 aromatic heterocycles. The molecule has 4 heterocycles. The normalized spacial score (nSPS) is 23.6. The van der Waals surface area contributed by atoms with Crippen molar-refractivity contribution in [2.45, 2.75) is 76.5 Å². The molecule has 0 aliphatic carbocycles. The molecule has 2 unspecified atom stereocenters. The largest absolute Gasteiger partial charge is 0.383 e. The molecule has 2 saturated heterocycles. The number of anilines is 2. The zero-order valence-electron chi connectivity index (χ0n) is 21.3. The molecule has 200 valence electrons. The number of ether oxygens (including phenoxy) is 3. The summed E-state index contributed by atoms with van der Waals surface area (Å²) in [6, 6.07) is 3.66. The Morgan fingerprint density at radius 1 is 1.03 bits per heavy atom. The molecule has 2 aliphatic rings. The number of rotatable bonds is 8. The van der Waals surface area contributed by atoms with E-state index in [1.807, 2.05) is 33.8 Å². The van der Waals surface area contributed by atoms with Crippen molar-refractivity contribution < 1.29 is 14.2 Å². The van der Waals surface area contributed by atoms with Crippen LogP contribution in [0.5, 0.6) is 0 Å². The fourth-order valence-electron chi connectivity index (χ4n) is 3.40. The Balaban J connectivity index is 0.000000201. The quantitative estimate of drug-likeness (QED) is 0.511. The second-order valence-corrected chi connectivity index (χ2v) is 11.2. The van der Waals surface area contributed by atoms with Crippen LogP contribution in [0.15, 0.2) is 34.1 Å². The van der Waals surface area contributed by atoms with Gasteiger partial charge in [0.2, 0.25) is 0 Å². The second-order valence-electron chi connectivity index (χ2n) is 8.84. The first-order valence-electron chi connectivity index (χ1n) is 12.0. The van der Waals surface area contributed by atoms with Crippen LogP contribution in [0.4, 0.5) is 11.6 Å². The molecular formula is C23H36N6O5S2. The number of thioether (sulfide) groups is 2. The van der Waals surface area contributed by atoms with Gasteiger partial charge in [0.15, 0.2) is 0 Å². The molecule has 0 bridgehead atoms. The summed E-state index contributed by atoms with van der Waals surface area (Å²) in [4.78, 5) is 31.3. The highest BCUT2D eigenvalue weighted by Crippen LogP contribution is 2.33. The van der Waals surface area contributed by atoms with Crippen molar-refractivity contribution >= 4 is 35.2 Å². The SMILES string of the molecule is CC(C)OC[C@@H]1OC(n2ccc(N)nc2=O)CS1.CC[C@@H]1OC(n2ccc(NC(C)C)nc2=O)CS1. The van der Waals surface area contributed by atoms with Crippen molar-refractivity contribution in [1.82, 2.24) is 19.1 Å². The van der Waals surface area contributed by atoms with Gasteiger partial charge in [-0.25, -0.2) is 9.59 Å². The van der Waals surface area contributed by atoms with Gasteiger partial charge in [-0.3, -0.25) is 9.13 Å². The molecule has 13 heteroatoms. The van der Waals surface area contributed by atoms with E-state index in [9.17, 15) is 9.59 Å². The summed E-state index contributed by atoms with van der Waals surface area (Å²) in [5, 5.41) is 3.11. The lowest BCUT2D eigenvalue weighted by atomic mass is 10.4. The van der Waals surface area contributed by atoms with Crippen molar-refractivity contribution in [3.8, 4) is 0 Å². The summed E-state index contributed by atoms with van der Waals surface area (Å²) < 4.78 is 20.0. The van der Waals surface area contributed by atoms with Gasteiger partial charge in [0.25, 0.3) is 0 Å². The van der Waals surface area contributed by atoms with Crippen LogP contribution in [0.25, 0.3) is 0 Å². The Kier molecular flexibility index (Phi) is 10.7. The number of hydrogen-bond acceptors (Lipinski definition) is 11. The summed E-state index contributed by atoms with van der Waals surface area (Å²) in [5.74, 6) is 2.35. The van der Waals surface area contributed by atoms with Crippen molar-refractivity contribution in [3.05, 3.63) is 45.5 Å². The average molecular weight is 541 g/mol. The molecule has 11 nitrogen and oxygen atoms in total. The minimum Gasteiger partial charge on any atom is -0.383 e. The lowest BCUT2D eigenvalue weighted by Gasteiger charge is -2.15. The number of aromatic nitrogens is 4. The molecule has 0 aromatic carbocycles. The number of hydrogen-bond donors (Lipinski definition) is 2. The molecule has 4 atom stereocenters. The van der Waals surface area contributed by atoms with E-state index in [-0.39, 0.29) is 52.7 Å². The summed E-state index contributed by atoms with van der Waals surface area (Å²) in [5.41, 5.74) is 4.95. The predicted octanol–water partition coefficient (Wildman–Crippen LogP) is 2.90. The minimum absolute atomic E-state index is 0.0400. The van der Waals surface area contributed by atoms with Crippen LogP contribution in [-0.2, 0) is 14.2 Å². The molecule has 0 spiro atoms. The van der Waals surface area contributed by atoms with Crippen molar-refractivity contribution in [2.24, 2.45) is 0 Å². The third kappa shape index (κ3) is 8.23. The molecular weight excluding hydrogens is 504 g/mol. The molecule has 0 radical (unpaired) electrons. The highest BCUT2D eigenvalue weighted by molar-refractivity contribution is 8.00. The molecule has 2 aromatic rings. The zero-order valence-corrected chi connectivity index (χ0v) is 23.0. The van der Waals surface area contributed by atoms with Gasteiger partial charge in [-0.15, -0.1) is 23.5 Å². The first kappa shape index (κ1) is 28.5. The highest BCUT2D eigenvalue weighted by atomic mass is 32.2. The van der Waals surface area contributed by atoms with Gasteiger partial charge in [0, 0.05) is 29.9 Å². The van der Waals surface area contributed by atoms with Crippen LogP contribution in [-0.4, -0.2) is 60.2 Å². The van der Waals surface area contributed by atoms with Crippen molar-refractivity contribution in [2.75, 3.05) is 29.2 Å². The summed E-state index contributed by atoms with van der Waals surface area (Å²) in [6.45, 7) is 10.6. The standard InChI is InChI=1S/C12H19N3O2S.C11H17N3O3S/c1-4-11-17-10(7-18-11)15-6-5-9(13-8(2)3)14-12(15)16;1-7(2)16-5-10-17-9(6-18-10)14-4-3-8(12)13-11(14)15/h5-6,8,10-11H,4,7H2,1-3H3,(H,13,14,16);3-4,7,9-10H,5-6H2,1-2H3,(H2,12,13,15)/t10?,11-;9?,10-/m11/s1. The maximum Gasteiger partial charge on any atom is 0.351 e. The van der Waals surface area contributed by atoms with Gasteiger partial charge in [0.05, 0.1) is 12.7 Å². The van der Waals surface area contributed by atoms with E-state index in [2.05, 4.69) is 22.2 Å². The van der Waals surface area contributed by atoms with Crippen LogP contribution in [0, 0.1) is 0 Å². The van der Waals surface area contributed by atoms with Gasteiger partial charge < -0.3 is 25.3 Å². The van der Waals surface area contributed by atoms with Crippen LogP contribution >= 0.6 is 23.5 Å². The lowest BCUT2D eigenvalue weighted by molar-refractivity contribution is -0.0377. The van der Waals surface area contributed by atoms with E-state index in [1.54, 1.807) is 46.6 Å². The first-order chi connectivity index (χ1) is 17.2. The van der Waals surface area contributed by atoms with E-state index in [1.165, 1.54) is 4.57 Å². The molecule has 2 fully saturated rings. The number of nitrogens with one attached hydrogen (secondary N) is 1. The molecule has 2 aliphatic heterocycles. The van der Waals surface area contributed by atoms with Crippen LogP contribution in [0.2, 0.25) is 0 Å². The van der Waals surface area contributed by atoms with Gasteiger partial charge in [-0.05, 0) is 46.2 Å². The topological polar surface area (TPSA) is 136 Å². The predicted molar refractivity (Wildman–Crippen MR) is 144 cm³/mol. The highest BCUT2D eigenvalue weighted by Gasteiger charge is 2.28. The maximum atomic E-state index is 11.9. The molecule has 0 amide bonds. The van der Waals surface area contributed by atoms with E-state index in [0.29, 0.717) is 18.2 Å². The Bertz CT molecular complexity index is 1100. The van der Waals surface area contributed by atoms with Gasteiger partial charge >= 0.3 is 11.4 Å². The Hall–Kier alpha value is -2.06. The summed E-state index contributed by atoms with van der Waals surface area (Å²) in [6.07, 6.45) is 4.01. The van der Waals surface area contributed by atoms with E-state index >= 15 is 0 Å². The van der Waals surface area contributed by atoms with Crippen LogP contribution in [0.3, 0.4) is 0 Å². The zero-order chi connectivity index (χ0) is 26.2. The fourth-order valence-corrected chi connectivity index (χ4v) is 5.47. The van der Waals surface area contributed by atoms with Gasteiger partial charge in [0.1, 0.15) is 35.0 Å². The molecule has 3 N–H and O–H groups in total. The smallest absolute Gasteiger partial charge is 0.351 e. The summed E-state index contributed by atoms with van der Waals surface area (Å²) in [7, 11) is 0. The summed E-state index contributed by atoms with van der Waals surface area (Å²) >= 11 is 3.38. The van der Waals surface area contributed by atoms with Crippen molar-refractivity contribution in [1.29, 1.82) is 0 Å². The van der Waals surface area contributed by atoms with Gasteiger partial charge in [-0.2, -0.15) is 9.97 Å². The molecule has 0 saturated carbocycles. The van der Waals surface area contributed by atoms with E-state index in [0.717, 1.165) is 12.2 Å². The van der Waals surface area contributed by atoms with E-state index in [4.69, 9.17) is 19.9 Å². The second kappa shape index (κ2) is 13.5. The molecule has 4 rings (SSSR count). The van der Waals surface area contributed by atoms with E-state index < -0.39 is 0 Å².